The van der Waals surface area contributed by atoms with E-state index in [0.717, 1.165) is 32.5 Å². The molecule has 0 radical (unpaired) electrons. The molecule has 1 amide bonds. The number of carbonyl (C=O) groups excluding carboxylic acids is 1. The van der Waals surface area contributed by atoms with Gasteiger partial charge in [-0.3, -0.25) is 4.79 Å². The Morgan fingerprint density at radius 1 is 1.33 bits per heavy atom. The van der Waals surface area contributed by atoms with E-state index in [1.165, 1.54) is 0 Å². The number of nitrogens with zero attached hydrogens (tertiary/aromatic N) is 1. The van der Waals surface area contributed by atoms with Gasteiger partial charge in [-0.15, -0.1) is 0 Å². The average molecular weight is 213 g/mol. The Morgan fingerprint density at radius 3 is 2.73 bits per heavy atom. The third kappa shape index (κ3) is 2.32. The second kappa shape index (κ2) is 4.94. The minimum atomic E-state index is 0.0908. The van der Waals surface area contributed by atoms with Gasteiger partial charge in [-0.25, -0.2) is 0 Å². The first-order chi connectivity index (χ1) is 7.33. The fourth-order valence-corrected chi connectivity index (χ4v) is 2.35. The molecule has 2 unspecified atom stereocenters. The molecule has 0 aromatic heterocycles. The zero-order valence-electron chi connectivity index (χ0n) is 9.28. The van der Waals surface area contributed by atoms with Gasteiger partial charge in [0.1, 0.15) is 0 Å². The van der Waals surface area contributed by atoms with Crippen LogP contribution in [0.4, 0.5) is 0 Å². The topological polar surface area (TPSA) is 38.8 Å². The van der Waals surface area contributed by atoms with Crippen LogP contribution in [0.3, 0.4) is 0 Å². The van der Waals surface area contributed by atoms with Crippen molar-refractivity contribution < 1.29 is 14.3 Å². The van der Waals surface area contributed by atoms with Gasteiger partial charge < -0.3 is 14.4 Å². The van der Waals surface area contributed by atoms with E-state index in [1.54, 1.807) is 0 Å². The quantitative estimate of drug-likeness (QED) is 0.676. The fraction of sp³-hybridized carbons (Fsp3) is 0.909. The monoisotopic (exact) mass is 213 g/mol. The highest BCUT2D eigenvalue weighted by atomic mass is 16.5. The Hall–Kier alpha value is -0.610. The number of amides is 1. The van der Waals surface area contributed by atoms with Crippen molar-refractivity contribution in [1.29, 1.82) is 0 Å². The molecule has 86 valence electrons. The highest BCUT2D eigenvalue weighted by Crippen LogP contribution is 2.25. The largest absolute Gasteiger partial charge is 0.378 e. The number of rotatable bonds is 2. The van der Waals surface area contributed by atoms with E-state index in [2.05, 4.69) is 6.92 Å². The van der Waals surface area contributed by atoms with Crippen molar-refractivity contribution in [2.24, 2.45) is 5.92 Å². The number of morpholine rings is 1. The van der Waals surface area contributed by atoms with Gasteiger partial charge in [0.25, 0.3) is 0 Å². The summed E-state index contributed by atoms with van der Waals surface area (Å²) in [6.45, 7) is 5.65. The van der Waals surface area contributed by atoms with Gasteiger partial charge >= 0.3 is 0 Å². The Labute approximate surface area is 90.5 Å². The summed E-state index contributed by atoms with van der Waals surface area (Å²) in [5.41, 5.74) is 0. The van der Waals surface area contributed by atoms with E-state index in [-0.39, 0.29) is 17.9 Å². The Morgan fingerprint density at radius 2 is 2.07 bits per heavy atom. The van der Waals surface area contributed by atoms with Gasteiger partial charge in [0, 0.05) is 19.7 Å². The van der Waals surface area contributed by atoms with Gasteiger partial charge in [0.2, 0.25) is 5.91 Å². The summed E-state index contributed by atoms with van der Waals surface area (Å²) >= 11 is 0. The van der Waals surface area contributed by atoms with Crippen LogP contribution in [0.25, 0.3) is 0 Å². The minimum absolute atomic E-state index is 0.0908. The SMILES string of the molecule is CCC1OCCC1C(=O)N1CCOCC1. The van der Waals surface area contributed by atoms with Gasteiger partial charge in [-0.05, 0) is 12.8 Å². The number of hydrogen-bond acceptors (Lipinski definition) is 3. The van der Waals surface area contributed by atoms with Crippen molar-refractivity contribution in [1.82, 2.24) is 4.90 Å². The third-order valence-electron chi connectivity index (χ3n) is 3.25. The molecule has 0 spiro atoms. The molecular formula is C11H19NO3. The first-order valence-corrected chi connectivity index (χ1v) is 5.81. The molecule has 0 aromatic rings. The summed E-state index contributed by atoms with van der Waals surface area (Å²) in [5.74, 6) is 0.357. The van der Waals surface area contributed by atoms with Crippen LogP contribution in [0.2, 0.25) is 0 Å². The second-order valence-electron chi connectivity index (χ2n) is 4.15. The summed E-state index contributed by atoms with van der Waals surface area (Å²) in [5, 5.41) is 0. The van der Waals surface area contributed by atoms with Gasteiger partial charge in [0.05, 0.1) is 25.2 Å². The van der Waals surface area contributed by atoms with Crippen LogP contribution in [-0.2, 0) is 14.3 Å². The van der Waals surface area contributed by atoms with Crippen LogP contribution < -0.4 is 0 Å². The van der Waals surface area contributed by atoms with Gasteiger partial charge in [0.15, 0.2) is 0 Å². The zero-order valence-corrected chi connectivity index (χ0v) is 9.28. The van der Waals surface area contributed by atoms with Crippen molar-refractivity contribution in [3.05, 3.63) is 0 Å². The number of ether oxygens (including phenoxy) is 2. The molecule has 2 heterocycles. The molecule has 2 aliphatic rings. The molecule has 0 aromatic carbocycles. The summed E-state index contributed by atoms with van der Waals surface area (Å²) in [6.07, 6.45) is 1.95. The number of hydrogen-bond donors (Lipinski definition) is 0. The summed E-state index contributed by atoms with van der Waals surface area (Å²) in [4.78, 5) is 14.1. The standard InChI is InChI=1S/C11H19NO3/c1-2-10-9(3-6-15-10)11(13)12-4-7-14-8-5-12/h9-10H,2-8H2,1H3. The second-order valence-corrected chi connectivity index (χ2v) is 4.15. The molecule has 0 bridgehead atoms. The Kier molecular flexibility index (Phi) is 3.59. The maximum Gasteiger partial charge on any atom is 0.228 e. The van der Waals surface area contributed by atoms with Crippen molar-refractivity contribution in [2.75, 3.05) is 32.9 Å². The van der Waals surface area contributed by atoms with Crippen LogP contribution >= 0.6 is 0 Å². The molecule has 2 aliphatic heterocycles. The lowest BCUT2D eigenvalue weighted by molar-refractivity contribution is -0.141. The van der Waals surface area contributed by atoms with Crippen LogP contribution in [0.15, 0.2) is 0 Å². The molecule has 2 saturated heterocycles. The van der Waals surface area contributed by atoms with Crippen molar-refractivity contribution in [3.8, 4) is 0 Å². The third-order valence-corrected chi connectivity index (χ3v) is 3.25. The predicted octanol–water partition coefficient (Wildman–Crippen LogP) is 0.660. The lowest BCUT2D eigenvalue weighted by Crippen LogP contribution is -2.45. The maximum absolute atomic E-state index is 12.2. The van der Waals surface area contributed by atoms with Gasteiger partial charge in [-0.1, -0.05) is 6.92 Å². The molecule has 2 fully saturated rings. The van der Waals surface area contributed by atoms with Crippen LogP contribution in [-0.4, -0.2) is 49.8 Å². The van der Waals surface area contributed by atoms with Crippen molar-refractivity contribution in [3.63, 3.8) is 0 Å². The number of carbonyl (C=O) groups is 1. The Bertz CT molecular complexity index is 226. The zero-order chi connectivity index (χ0) is 10.7. The van der Waals surface area contributed by atoms with E-state index in [1.807, 2.05) is 4.90 Å². The Balaban J connectivity index is 1.93. The molecule has 2 atom stereocenters. The van der Waals surface area contributed by atoms with Crippen LogP contribution in [0, 0.1) is 5.92 Å². The molecule has 0 aliphatic carbocycles. The smallest absolute Gasteiger partial charge is 0.228 e. The summed E-state index contributed by atoms with van der Waals surface area (Å²) in [6, 6.07) is 0. The van der Waals surface area contributed by atoms with Crippen LogP contribution in [0.1, 0.15) is 19.8 Å². The fourth-order valence-electron chi connectivity index (χ4n) is 2.35. The molecule has 4 nitrogen and oxygen atoms in total. The van der Waals surface area contributed by atoms with E-state index >= 15 is 0 Å². The van der Waals surface area contributed by atoms with Gasteiger partial charge in [-0.2, -0.15) is 0 Å². The minimum Gasteiger partial charge on any atom is -0.378 e. The van der Waals surface area contributed by atoms with E-state index < -0.39 is 0 Å². The summed E-state index contributed by atoms with van der Waals surface area (Å²) in [7, 11) is 0. The highest BCUT2D eigenvalue weighted by Gasteiger charge is 2.35. The predicted molar refractivity (Wildman–Crippen MR) is 55.5 cm³/mol. The lowest BCUT2D eigenvalue weighted by atomic mass is 9.98. The van der Waals surface area contributed by atoms with Crippen molar-refractivity contribution >= 4 is 5.91 Å². The molecule has 2 rings (SSSR count). The van der Waals surface area contributed by atoms with Crippen LogP contribution in [0.5, 0.6) is 0 Å². The lowest BCUT2D eigenvalue weighted by Gasteiger charge is -2.30. The van der Waals surface area contributed by atoms with E-state index in [9.17, 15) is 4.79 Å². The molecule has 15 heavy (non-hydrogen) atoms. The summed E-state index contributed by atoms with van der Waals surface area (Å²) < 4.78 is 10.8. The first-order valence-electron chi connectivity index (χ1n) is 5.81. The molecule has 0 N–H and O–H groups in total. The average Bonchev–Trinajstić information content (AvgIpc) is 2.77. The van der Waals surface area contributed by atoms with E-state index in [4.69, 9.17) is 9.47 Å². The molecule has 4 heteroatoms. The normalized spacial score (nSPS) is 31.9. The first kappa shape index (κ1) is 10.9. The van der Waals surface area contributed by atoms with Crippen molar-refractivity contribution in [2.45, 2.75) is 25.9 Å². The highest BCUT2D eigenvalue weighted by molar-refractivity contribution is 5.79. The molecule has 0 saturated carbocycles. The molecular weight excluding hydrogens is 194 g/mol. The maximum atomic E-state index is 12.2. The van der Waals surface area contributed by atoms with E-state index in [0.29, 0.717) is 13.2 Å².